The van der Waals surface area contributed by atoms with Gasteiger partial charge in [0.2, 0.25) is 0 Å². The molecule has 1 saturated carbocycles. The Hall–Kier alpha value is -0.970. The van der Waals surface area contributed by atoms with Gasteiger partial charge in [0.25, 0.3) is 0 Å². The Morgan fingerprint density at radius 1 is 1.10 bits per heavy atom. The van der Waals surface area contributed by atoms with Gasteiger partial charge in [-0.3, -0.25) is 4.90 Å². The first-order valence-corrected chi connectivity index (χ1v) is 7.66. The Labute approximate surface area is 120 Å². The Morgan fingerprint density at radius 2 is 1.80 bits per heavy atom. The summed E-state index contributed by atoms with van der Waals surface area (Å²) in [7, 11) is 0. The first kappa shape index (κ1) is 14.0. The van der Waals surface area contributed by atoms with E-state index in [1.165, 1.54) is 19.4 Å². The minimum Gasteiger partial charge on any atom is -0.326 e. The summed E-state index contributed by atoms with van der Waals surface area (Å²) in [6, 6.07) is 5.22. The molecule has 2 N–H and O–H groups in total. The van der Waals surface area contributed by atoms with Gasteiger partial charge in [0.1, 0.15) is 5.82 Å². The Morgan fingerprint density at radius 3 is 2.45 bits per heavy atom. The fraction of sp³-hybridized carbons (Fsp3) is 0.625. The highest BCUT2D eigenvalue weighted by molar-refractivity contribution is 5.25. The maximum absolute atomic E-state index is 13.8. The molecule has 4 heteroatoms. The first-order valence-electron chi connectivity index (χ1n) is 7.66. The first-order chi connectivity index (χ1) is 9.74. The molecule has 0 radical (unpaired) electrons. The molecule has 1 aromatic carbocycles. The second-order valence-corrected chi connectivity index (χ2v) is 6.15. The van der Waals surface area contributed by atoms with E-state index in [-0.39, 0.29) is 5.82 Å². The standard InChI is InChI=1S/C16H24FN3/c17-16-4-3-14(10-18)9-15(16)12-20-7-5-19(6-8-20)11-13-1-2-13/h3-4,9,13H,1-2,5-8,10-12,18H2. The maximum atomic E-state index is 13.8. The number of nitrogens with two attached hydrogens (primary N) is 1. The molecular formula is C16H24FN3. The van der Waals surface area contributed by atoms with Crippen LogP contribution in [0.15, 0.2) is 18.2 Å². The minimum atomic E-state index is -0.109. The smallest absolute Gasteiger partial charge is 0.127 e. The van der Waals surface area contributed by atoms with Crippen LogP contribution in [0.2, 0.25) is 0 Å². The van der Waals surface area contributed by atoms with E-state index in [4.69, 9.17) is 5.73 Å². The third kappa shape index (κ3) is 3.57. The lowest BCUT2D eigenvalue weighted by Gasteiger charge is -2.34. The molecule has 0 amide bonds. The molecule has 20 heavy (non-hydrogen) atoms. The highest BCUT2D eigenvalue weighted by atomic mass is 19.1. The Bertz CT molecular complexity index is 451. The van der Waals surface area contributed by atoms with E-state index in [0.717, 1.165) is 43.2 Å². The summed E-state index contributed by atoms with van der Waals surface area (Å²) < 4.78 is 13.8. The molecule has 110 valence electrons. The maximum Gasteiger partial charge on any atom is 0.127 e. The minimum absolute atomic E-state index is 0.109. The highest BCUT2D eigenvalue weighted by Crippen LogP contribution is 2.30. The van der Waals surface area contributed by atoms with E-state index in [1.807, 2.05) is 6.07 Å². The average molecular weight is 277 g/mol. The third-order valence-electron chi connectivity index (χ3n) is 4.42. The van der Waals surface area contributed by atoms with Crippen molar-refractivity contribution in [3.05, 3.63) is 35.1 Å². The summed E-state index contributed by atoms with van der Waals surface area (Å²) in [5.74, 6) is 0.850. The SMILES string of the molecule is NCc1ccc(F)c(CN2CCN(CC3CC3)CC2)c1. The van der Waals surface area contributed by atoms with Crippen LogP contribution in [-0.2, 0) is 13.1 Å². The van der Waals surface area contributed by atoms with Gasteiger partial charge in [-0.1, -0.05) is 12.1 Å². The van der Waals surface area contributed by atoms with Crippen molar-refractivity contribution in [3.8, 4) is 0 Å². The van der Waals surface area contributed by atoms with Crippen molar-refractivity contribution in [3.63, 3.8) is 0 Å². The van der Waals surface area contributed by atoms with E-state index in [2.05, 4.69) is 9.80 Å². The summed E-state index contributed by atoms with van der Waals surface area (Å²) in [5, 5.41) is 0. The normalized spacial score (nSPS) is 21.3. The van der Waals surface area contributed by atoms with Crippen LogP contribution in [-0.4, -0.2) is 42.5 Å². The van der Waals surface area contributed by atoms with Crippen molar-refractivity contribution >= 4 is 0 Å². The number of halogens is 1. The van der Waals surface area contributed by atoms with E-state index in [0.29, 0.717) is 13.1 Å². The van der Waals surface area contributed by atoms with E-state index < -0.39 is 0 Å². The van der Waals surface area contributed by atoms with E-state index in [1.54, 1.807) is 12.1 Å². The van der Waals surface area contributed by atoms with Gasteiger partial charge in [-0.2, -0.15) is 0 Å². The molecule has 3 nitrogen and oxygen atoms in total. The molecule has 0 spiro atoms. The summed E-state index contributed by atoms with van der Waals surface area (Å²) >= 11 is 0. The average Bonchev–Trinajstić information content (AvgIpc) is 3.27. The zero-order valence-electron chi connectivity index (χ0n) is 12.0. The molecule has 1 aromatic rings. The van der Waals surface area contributed by atoms with Gasteiger partial charge < -0.3 is 10.6 Å². The molecule has 3 rings (SSSR count). The van der Waals surface area contributed by atoms with E-state index >= 15 is 0 Å². The van der Waals surface area contributed by atoms with Crippen molar-refractivity contribution in [2.24, 2.45) is 11.7 Å². The molecule has 0 bridgehead atoms. The third-order valence-corrected chi connectivity index (χ3v) is 4.42. The van der Waals surface area contributed by atoms with Crippen molar-refractivity contribution in [2.45, 2.75) is 25.9 Å². The summed E-state index contributed by atoms with van der Waals surface area (Å²) in [4.78, 5) is 4.91. The predicted molar refractivity (Wildman–Crippen MR) is 78.7 cm³/mol. The van der Waals surface area contributed by atoms with Crippen LogP contribution in [0.5, 0.6) is 0 Å². The largest absolute Gasteiger partial charge is 0.326 e. The Kier molecular flexibility index (Phi) is 4.34. The van der Waals surface area contributed by atoms with Crippen LogP contribution >= 0.6 is 0 Å². The van der Waals surface area contributed by atoms with Gasteiger partial charge in [0.05, 0.1) is 0 Å². The summed E-state index contributed by atoms with van der Waals surface area (Å²) in [6.07, 6.45) is 2.83. The molecule has 0 unspecified atom stereocenters. The van der Waals surface area contributed by atoms with Crippen LogP contribution in [0, 0.1) is 11.7 Å². The van der Waals surface area contributed by atoms with Crippen LogP contribution in [0.3, 0.4) is 0 Å². The second-order valence-electron chi connectivity index (χ2n) is 6.15. The van der Waals surface area contributed by atoms with Gasteiger partial charge in [0.15, 0.2) is 0 Å². The van der Waals surface area contributed by atoms with Gasteiger partial charge >= 0.3 is 0 Å². The number of hydrogen-bond acceptors (Lipinski definition) is 3. The molecule has 1 aliphatic carbocycles. The van der Waals surface area contributed by atoms with Crippen LogP contribution < -0.4 is 5.73 Å². The number of rotatable bonds is 5. The lowest BCUT2D eigenvalue weighted by molar-refractivity contribution is 0.122. The molecule has 1 saturated heterocycles. The number of benzene rings is 1. The molecule has 0 atom stereocenters. The Balaban J connectivity index is 1.53. The number of piperazine rings is 1. The molecule has 1 heterocycles. The zero-order valence-corrected chi connectivity index (χ0v) is 12.0. The summed E-state index contributed by atoms with van der Waals surface area (Å²) in [6.45, 7) is 6.77. The zero-order chi connectivity index (χ0) is 13.9. The molecular weight excluding hydrogens is 253 g/mol. The predicted octanol–water partition coefficient (Wildman–Crippen LogP) is 1.81. The monoisotopic (exact) mass is 277 g/mol. The van der Waals surface area contributed by atoms with Crippen LogP contribution in [0.25, 0.3) is 0 Å². The lowest BCUT2D eigenvalue weighted by Crippen LogP contribution is -2.46. The fourth-order valence-electron chi connectivity index (χ4n) is 2.91. The highest BCUT2D eigenvalue weighted by Gasteiger charge is 2.26. The van der Waals surface area contributed by atoms with Crippen molar-refractivity contribution in [1.82, 2.24) is 9.80 Å². The van der Waals surface area contributed by atoms with Crippen LogP contribution in [0.4, 0.5) is 4.39 Å². The van der Waals surface area contributed by atoms with Gasteiger partial charge in [-0.25, -0.2) is 4.39 Å². The van der Waals surface area contributed by atoms with Gasteiger partial charge in [-0.15, -0.1) is 0 Å². The lowest BCUT2D eigenvalue weighted by atomic mass is 10.1. The van der Waals surface area contributed by atoms with Gasteiger partial charge in [-0.05, 0) is 30.4 Å². The summed E-state index contributed by atoms with van der Waals surface area (Å²) in [5.41, 5.74) is 7.42. The quantitative estimate of drug-likeness (QED) is 0.891. The van der Waals surface area contributed by atoms with Crippen molar-refractivity contribution in [2.75, 3.05) is 32.7 Å². The molecule has 2 aliphatic rings. The van der Waals surface area contributed by atoms with Crippen molar-refractivity contribution in [1.29, 1.82) is 0 Å². The molecule has 2 fully saturated rings. The van der Waals surface area contributed by atoms with E-state index in [9.17, 15) is 4.39 Å². The van der Waals surface area contributed by atoms with Crippen LogP contribution in [0.1, 0.15) is 24.0 Å². The van der Waals surface area contributed by atoms with Crippen molar-refractivity contribution < 1.29 is 4.39 Å². The fourth-order valence-corrected chi connectivity index (χ4v) is 2.91. The second kappa shape index (κ2) is 6.20. The topological polar surface area (TPSA) is 32.5 Å². The number of nitrogens with zero attached hydrogens (tertiary/aromatic N) is 2. The molecule has 0 aromatic heterocycles. The van der Waals surface area contributed by atoms with Gasteiger partial charge in [0, 0.05) is 51.4 Å². The number of hydrogen-bond donors (Lipinski definition) is 1. The molecule has 1 aliphatic heterocycles.